The molecule has 0 radical (unpaired) electrons. The van der Waals surface area contributed by atoms with E-state index in [2.05, 4.69) is 10.5 Å². The second kappa shape index (κ2) is 6.71. The molecule has 0 spiro atoms. The first-order valence-electron chi connectivity index (χ1n) is 6.07. The van der Waals surface area contributed by atoms with E-state index in [4.69, 9.17) is 11.6 Å². The smallest absolute Gasteiger partial charge is 0.290 e. The highest BCUT2D eigenvalue weighted by Crippen LogP contribution is 2.27. The van der Waals surface area contributed by atoms with E-state index in [0.717, 1.165) is 24.4 Å². The van der Waals surface area contributed by atoms with Gasteiger partial charge in [0.25, 0.3) is 11.4 Å². The fraction of sp³-hybridized carbons (Fsp3) is 0. The lowest BCUT2D eigenvalue weighted by atomic mass is 10.2. The number of nitro groups is 2. The van der Waals surface area contributed by atoms with Crippen molar-refractivity contribution in [1.29, 1.82) is 0 Å². The molecule has 0 bridgehead atoms. The van der Waals surface area contributed by atoms with E-state index in [9.17, 15) is 25.3 Å². The van der Waals surface area contributed by atoms with Crippen LogP contribution in [0.25, 0.3) is 0 Å². The van der Waals surface area contributed by atoms with Crippen molar-refractivity contribution in [2.75, 3.05) is 5.43 Å². The van der Waals surface area contributed by atoms with Crippen molar-refractivity contribution in [3.8, 4) is 5.75 Å². The Bertz CT molecular complexity index is 809. The summed E-state index contributed by atoms with van der Waals surface area (Å²) in [4.78, 5) is 20.1. The van der Waals surface area contributed by atoms with Crippen molar-refractivity contribution in [3.05, 3.63) is 67.2 Å². The van der Waals surface area contributed by atoms with Gasteiger partial charge in [-0.2, -0.15) is 5.10 Å². The normalized spacial score (nSPS) is 10.7. The van der Waals surface area contributed by atoms with Crippen molar-refractivity contribution in [1.82, 2.24) is 0 Å². The summed E-state index contributed by atoms with van der Waals surface area (Å²) in [6, 6.07) is 7.19. The molecule has 23 heavy (non-hydrogen) atoms. The minimum atomic E-state index is -0.645. The number of rotatable bonds is 5. The van der Waals surface area contributed by atoms with Gasteiger partial charge in [-0.3, -0.25) is 25.7 Å². The van der Waals surface area contributed by atoms with Crippen molar-refractivity contribution in [2.45, 2.75) is 0 Å². The molecule has 0 saturated heterocycles. The number of nitro benzene ring substituents is 2. The molecule has 0 unspecified atom stereocenters. The summed E-state index contributed by atoms with van der Waals surface area (Å²) in [6.07, 6.45) is 1.09. The van der Waals surface area contributed by atoms with Crippen LogP contribution in [-0.2, 0) is 0 Å². The van der Waals surface area contributed by atoms with Gasteiger partial charge in [0.1, 0.15) is 5.02 Å². The first kappa shape index (κ1) is 16.2. The molecule has 2 aromatic carbocycles. The van der Waals surface area contributed by atoms with E-state index in [1.165, 1.54) is 18.2 Å². The maximum absolute atomic E-state index is 11.6. The fourth-order valence-corrected chi connectivity index (χ4v) is 1.84. The standard InChI is InChI=1S/C13H9ClN4O5/c14-11-3-1-9(6-12(11)18(22)23)16-15-7-8-5-10(17(20)21)2-4-13(8)19/h1-7,16,19H/p-1/b15-7-. The number of hydrogen-bond acceptors (Lipinski definition) is 7. The van der Waals surface area contributed by atoms with Gasteiger partial charge in [0, 0.05) is 18.2 Å². The average Bonchev–Trinajstić information content (AvgIpc) is 2.50. The number of hydrogen-bond donors (Lipinski definition) is 1. The zero-order valence-corrected chi connectivity index (χ0v) is 12.1. The zero-order valence-electron chi connectivity index (χ0n) is 11.3. The summed E-state index contributed by atoms with van der Waals surface area (Å²) < 4.78 is 0. The molecule has 0 saturated carbocycles. The summed E-state index contributed by atoms with van der Waals surface area (Å²) in [5.41, 5.74) is 2.23. The Morgan fingerprint density at radius 2 is 1.83 bits per heavy atom. The average molecular weight is 336 g/mol. The van der Waals surface area contributed by atoms with Crippen LogP contribution in [0.1, 0.15) is 5.56 Å². The van der Waals surface area contributed by atoms with Gasteiger partial charge in [-0.1, -0.05) is 23.4 Å². The first-order valence-corrected chi connectivity index (χ1v) is 6.45. The quantitative estimate of drug-likeness (QED) is 0.507. The molecule has 118 valence electrons. The predicted octanol–water partition coefficient (Wildman–Crippen LogP) is 2.68. The van der Waals surface area contributed by atoms with Crippen LogP contribution >= 0.6 is 11.6 Å². The number of hydrazone groups is 1. The summed E-state index contributed by atoms with van der Waals surface area (Å²) in [5, 5.41) is 36.7. The highest BCUT2D eigenvalue weighted by atomic mass is 35.5. The molecule has 1 N–H and O–H groups in total. The third-order valence-electron chi connectivity index (χ3n) is 2.74. The lowest BCUT2D eigenvalue weighted by Crippen LogP contribution is -1.99. The number of halogens is 1. The van der Waals surface area contributed by atoms with Gasteiger partial charge < -0.3 is 5.11 Å². The summed E-state index contributed by atoms with van der Waals surface area (Å²) >= 11 is 5.68. The molecule has 0 aliphatic carbocycles. The second-order valence-corrected chi connectivity index (χ2v) is 4.68. The van der Waals surface area contributed by atoms with E-state index >= 15 is 0 Å². The molecule has 0 aromatic heterocycles. The van der Waals surface area contributed by atoms with E-state index in [-0.39, 0.29) is 27.6 Å². The lowest BCUT2D eigenvalue weighted by Gasteiger charge is -2.08. The van der Waals surface area contributed by atoms with Crippen molar-refractivity contribution in [3.63, 3.8) is 0 Å². The number of nitrogens with one attached hydrogen (secondary N) is 1. The predicted molar refractivity (Wildman–Crippen MR) is 81.9 cm³/mol. The molecule has 0 heterocycles. The van der Waals surface area contributed by atoms with Crippen LogP contribution in [0.2, 0.25) is 5.02 Å². The minimum absolute atomic E-state index is 0.00941. The Hall–Kier alpha value is -3.20. The fourth-order valence-electron chi connectivity index (χ4n) is 1.65. The van der Waals surface area contributed by atoms with Crippen LogP contribution in [-0.4, -0.2) is 16.1 Å². The SMILES string of the molecule is O=[N+]([O-])c1ccc([O-])c(/C=N\Nc2ccc(Cl)c([N+](=O)[O-])c2)c1. The molecule has 2 aromatic rings. The van der Waals surface area contributed by atoms with E-state index in [0.29, 0.717) is 0 Å². The second-order valence-electron chi connectivity index (χ2n) is 4.27. The van der Waals surface area contributed by atoms with Crippen molar-refractivity contribution in [2.24, 2.45) is 5.10 Å². The van der Waals surface area contributed by atoms with Crippen LogP contribution in [0.15, 0.2) is 41.5 Å². The highest BCUT2D eigenvalue weighted by molar-refractivity contribution is 6.32. The minimum Gasteiger partial charge on any atom is -0.872 e. The summed E-state index contributed by atoms with van der Waals surface area (Å²) in [6.45, 7) is 0. The molecule has 10 heteroatoms. The maximum atomic E-state index is 11.6. The van der Waals surface area contributed by atoms with Crippen LogP contribution in [0.3, 0.4) is 0 Å². The van der Waals surface area contributed by atoms with Gasteiger partial charge in [0.2, 0.25) is 0 Å². The van der Waals surface area contributed by atoms with Crippen LogP contribution in [0.5, 0.6) is 5.75 Å². The summed E-state index contributed by atoms with van der Waals surface area (Å²) in [7, 11) is 0. The van der Waals surface area contributed by atoms with Gasteiger partial charge in [-0.15, -0.1) is 0 Å². The van der Waals surface area contributed by atoms with E-state index in [1.807, 2.05) is 0 Å². The maximum Gasteiger partial charge on any atom is 0.290 e. The number of anilines is 1. The Morgan fingerprint density at radius 1 is 1.09 bits per heavy atom. The number of benzene rings is 2. The van der Waals surface area contributed by atoms with Gasteiger partial charge in [0.05, 0.1) is 21.7 Å². The Kier molecular flexibility index (Phi) is 4.72. The lowest BCUT2D eigenvalue weighted by molar-refractivity contribution is -0.385. The monoisotopic (exact) mass is 335 g/mol. The third kappa shape index (κ3) is 3.92. The van der Waals surface area contributed by atoms with Gasteiger partial charge >= 0.3 is 0 Å². The van der Waals surface area contributed by atoms with Crippen LogP contribution in [0, 0.1) is 20.2 Å². The highest BCUT2D eigenvalue weighted by Gasteiger charge is 2.12. The van der Waals surface area contributed by atoms with Crippen LogP contribution in [0.4, 0.5) is 17.1 Å². The molecule has 0 aliphatic heterocycles. The Labute approximate surface area is 134 Å². The molecule has 0 atom stereocenters. The largest absolute Gasteiger partial charge is 0.872 e. The molecule has 0 amide bonds. The summed E-state index contributed by atoms with van der Waals surface area (Å²) in [5.74, 6) is -0.441. The Morgan fingerprint density at radius 3 is 2.48 bits per heavy atom. The van der Waals surface area contributed by atoms with Gasteiger partial charge in [-0.05, 0) is 17.7 Å². The van der Waals surface area contributed by atoms with Crippen LogP contribution < -0.4 is 10.5 Å². The molecular weight excluding hydrogens is 328 g/mol. The van der Waals surface area contributed by atoms with Gasteiger partial charge in [-0.25, -0.2) is 0 Å². The molecule has 0 aliphatic rings. The molecule has 0 fully saturated rings. The van der Waals surface area contributed by atoms with E-state index in [1.54, 1.807) is 0 Å². The van der Waals surface area contributed by atoms with Crippen molar-refractivity contribution < 1.29 is 15.0 Å². The number of non-ortho nitro benzene ring substituents is 1. The third-order valence-corrected chi connectivity index (χ3v) is 3.06. The van der Waals surface area contributed by atoms with E-state index < -0.39 is 15.6 Å². The molecule has 9 nitrogen and oxygen atoms in total. The zero-order chi connectivity index (χ0) is 17.0. The van der Waals surface area contributed by atoms with Gasteiger partial charge in [0.15, 0.2) is 0 Å². The first-order chi connectivity index (χ1) is 10.9. The number of nitrogens with zero attached hydrogens (tertiary/aromatic N) is 3. The molecular formula is C13H8ClN4O5-. The van der Waals surface area contributed by atoms with Crippen molar-refractivity contribution >= 4 is 34.9 Å². The Balaban J connectivity index is 2.19. The molecule has 2 rings (SSSR count). The topological polar surface area (TPSA) is 134 Å².